The molecule has 3 nitrogen and oxygen atoms in total. The van der Waals surface area contributed by atoms with Gasteiger partial charge in [-0.2, -0.15) is 0 Å². The van der Waals surface area contributed by atoms with E-state index in [1.54, 1.807) is 0 Å². The lowest BCUT2D eigenvalue weighted by molar-refractivity contribution is 0.185. The Bertz CT molecular complexity index is 321. The molecule has 0 bridgehead atoms. The second kappa shape index (κ2) is 5.99. The summed E-state index contributed by atoms with van der Waals surface area (Å²) in [5, 5.41) is 12.5. The van der Waals surface area contributed by atoms with Gasteiger partial charge in [0.2, 0.25) is 0 Å². The normalized spacial score (nSPS) is 20.2. The Hall–Kier alpha value is -0.900. The first-order valence-corrected chi connectivity index (χ1v) is 5.85. The van der Waals surface area contributed by atoms with Gasteiger partial charge < -0.3 is 15.2 Å². The van der Waals surface area contributed by atoms with E-state index in [0.717, 1.165) is 31.9 Å². The minimum atomic E-state index is 0.115. The third-order valence-electron chi connectivity index (χ3n) is 2.96. The highest BCUT2D eigenvalue weighted by Crippen LogP contribution is 2.11. The number of benzene rings is 1. The van der Waals surface area contributed by atoms with Gasteiger partial charge in [-0.1, -0.05) is 24.3 Å². The van der Waals surface area contributed by atoms with Gasteiger partial charge in [-0.25, -0.2) is 0 Å². The van der Waals surface area contributed by atoms with Crippen LogP contribution in [0.1, 0.15) is 17.5 Å². The molecular formula is C13H19NO2. The fourth-order valence-corrected chi connectivity index (χ4v) is 2.00. The van der Waals surface area contributed by atoms with Crippen molar-refractivity contribution in [2.24, 2.45) is 5.92 Å². The predicted molar refractivity (Wildman–Crippen MR) is 63.0 cm³/mol. The maximum atomic E-state index is 9.02. The van der Waals surface area contributed by atoms with Gasteiger partial charge in [-0.05, 0) is 23.5 Å². The molecule has 1 atom stereocenters. The van der Waals surface area contributed by atoms with Gasteiger partial charge in [0.25, 0.3) is 0 Å². The Kier molecular flexibility index (Phi) is 4.34. The molecule has 1 aliphatic heterocycles. The molecule has 1 aromatic rings. The smallest absolute Gasteiger partial charge is 0.0681 e. The lowest BCUT2D eigenvalue weighted by Crippen LogP contribution is -2.22. The summed E-state index contributed by atoms with van der Waals surface area (Å²) >= 11 is 0. The molecule has 1 fully saturated rings. The molecule has 0 aliphatic carbocycles. The Balaban J connectivity index is 1.75. The van der Waals surface area contributed by atoms with E-state index in [1.165, 1.54) is 12.0 Å². The fourth-order valence-electron chi connectivity index (χ4n) is 2.00. The maximum Gasteiger partial charge on any atom is 0.0681 e. The Morgan fingerprint density at radius 2 is 2.25 bits per heavy atom. The first kappa shape index (κ1) is 11.6. The van der Waals surface area contributed by atoms with Crippen molar-refractivity contribution >= 4 is 0 Å². The molecule has 0 spiro atoms. The molecule has 88 valence electrons. The summed E-state index contributed by atoms with van der Waals surface area (Å²) in [6.45, 7) is 3.80. The van der Waals surface area contributed by atoms with E-state index in [9.17, 15) is 0 Å². The van der Waals surface area contributed by atoms with E-state index in [-0.39, 0.29) is 6.61 Å². The lowest BCUT2D eigenvalue weighted by Gasteiger charge is -2.09. The van der Waals surface area contributed by atoms with Crippen LogP contribution in [0.5, 0.6) is 0 Å². The zero-order valence-electron chi connectivity index (χ0n) is 9.48. The number of hydrogen-bond acceptors (Lipinski definition) is 3. The van der Waals surface area contributed by atoms with Gasteiger partial charge in [0.1, 0.15) is 0 Å². The number of rotatable bonds is 5. The summed E-state index contributed by atoms with van der Waals surface area (Å²) in [5.74, 6) is 0.668. The van der Waals surface area contributed by atoms with Gasteiger partial charge in [-0.3, -0.25) is 0 Å². The number of aliphatic hydroxyl groups excluding tert-OH is 1. The van der Waals surface area contributed by atoms with Crippen LogP contribution in [-0.2, 0) is 17.9 Å². The zero-order valence-corrected chi connectivity index (χ0v) is 9.48. The summed E-state index contributed by atoms with van der Waals surface area (Å²) in [4.78, 5) is 0. The molecule has 3 heteroatoms. The molecular weight excluding hydrogens is 202 g/mol. The average Bonchev–Trinajstić information content (AvgIpc) is 2.82. The lowest BCUT2D eigenvalue weighted by atomic mass is 10.1. The van der Waals surface area contributed by atoms with Gasteiger partial charge in [0.05, 0.1) is 13.2 Å². The van der Waals surface area contributed by atoms with Crippen molar-refractivity contribution in [3.05, 3.63) is 35.4 Å². The Morgan fingerprint density at radius 3 is 3.00 bits per heavy atom. The number of ether oxygens (including phenoxy) is 1. The molecule has 2 N–H and O–H groups in total. The number of aliphatic hydroxyl groups is 1. The topological polar surface area (TPSA) is 41.5 Å². The molecule has 0 amide bonds. The van der Waals surface area contributed by atoms with Crippen LogP contribution in [0.15, 0.2) is 24.3 Å². The Morgan fingerprint density at radius 1 is 1.38 bits per heavy atom. The quantitative estimate of drug-likeness (QED) is 0.787. The van der Waals surface area contributed by atoms with E-state index >= 15 is 0 Å². The van der Waals surface area contributed by atoms with Crippen LogP contribution in [0.4, 0.5) is 0 Å². The van der Waals surface area contributed by atoms with Crippen molar-refractivity contribution in [1.82, 2.24) is 5.32 Å². The minimum Gasteiger partial charge on any atom is -0.392 e. The highest BCUT2D eigenvalue weighted by molar-refractivity contribution is 5.22. The van der Waals surface area contributed by atoms with E-state index in [1.807, 2.05) is 18.2 Å². The summed E-state index contributed by atoms with van der Waals surface area (Å²) in [5.41, 5.74) is 2.20. The summed E-state index contributed by atoms with van der Waals surface area (Å²) < 4.78 is 5.32. The first-order valence-electron chi connectivity index (χ1n) is 5.85. The van der Waals surface area contributed by atoms with Crippen molar-refractivity contribution in [3.63, 3.8) is 0 Å². The summed E-state index contributed by atoms with van der Waals surface area (Å²) in [6.07, 6.45) is 1.17. The van der Waals surface area contributed by atoms with Gasteiger partial charge >= 0.3 is 0 Å². The Labute approximate surface area is 96.4 Å². The average molecular weight is 221 g/mol. The van der Waals surface area contributed by atoms with Gasteiger partial charge in [0, 0.05) is 19.7 Å². The third-order valence-corrected chi connectivity index (χ3v) is 2.96. The number of nitrogens with one attached hydrogen (secondary N) is 1. The maximum absolute atomic E-state index is 9.02. The van der Waals surface area contributed by atoms with Crippen LogP contribution in [0.25, 0.3) is 0 Å². The van der Waals surface area contributed by atoms with Gasteiger partial charge in [-0.15, -0.1) is 0 Å². The van der Waals surface area contributed by atoms with E-state index in [2.05, 4.69) is 11.4 Å². The highest BCUT2D eigenvalue weighted by Gasteiger charge is 2.14. The molecule has 1 saturated heterocycles. The van der Waals surface area contributed by atoms with E-state index in [0.29, 0.717) is 5.92 Å². The van der Waals surface area contributed by atoms with Gasteiger partial charge in [0.15, 0.2) is 0 Å². The molecule has 16 heavy (non-hydrogen) atoms. The fraction of sp³-hybridized carbons (Fsp3) is 0.538. The van der Waals surface area contributed by atoms with Crippen molar-refractivity contribution in [2.45, 2.75) is 19.6 Å². The largest absolute Gasteiger partial charge is 0.392 e. The van der Waals surface area contributed by atoms with Crippen LogP contribution in [0, 0.1) is 5.92 Å². The van der Waals surface area contributed by atoms with E-state index in [4.69, 9.17) is 9.84 Å². The molecule has 0 saturated carbocycles. The van der Waals surface area contributed by atoms with Crippen LogP contribution in [0.3, 0.4) is 0 Å². The molecule has 1 aromatic carbocycles. The standard InChI is InChI=1S/C13H19NO2/c15-9-12-3-1-2-11(6-12)7-14-8-13-4-5-16-10-13/h1-3,6,13-15H,4-5,7-10H2. The predicted octanol–water partition coefficient (Wildman–Crippen LogP) is 1.30. The molecule has 0 aromatic heterocycles. The van der Waals surface area contributed by atoms with Crippen LogP contribution >= 0.6 is 0 Å². The van der Waals surface area contributed by atoms with E-state index < -0.39 is 0 Å². The number of hydrogen-bond donors (Lipinski definition) is 2. The van der Waals surface area contributed by atoms with Crippen LogP contribution in [-0.4, -0.2) is 24.9 Å². The molecule has 1 aliphatic rings. The van der Waals surface area contributed by atoms with Crippen molar-refractivity contribution in [1.29, 1.82) is 0 Å². The summed E-state index contributed by atoms with van der Waals surface area (Å²) in [6, 6.07) is 8.05. The molecule has 1 heterocycles. The molecule has 0 radical (unpaired) electrons. The monoisotopic (exact) mass is 221 g/mol. The zero-order chi connectivity index (χ0) is 11.2. The van der Waals surface area contributed by atoms with Crippen molar-refractivity contribution in [3.8, 4) is 0 Å². The second-order valence-electron chi connectivity index (χ2n) is 4.34. The molecule has 2 rings (SSSR count). The van der Waals surface area contributed by atoms with Crippen molar-refractivity contribution in [2.75, 3.05) is 19.8 Å². The third kappa shape index (κ3) is 3.30. The highest BCUT2D eigenvalue weighted by atomic mass is 16.5. The van der Waals surface area contributed by atoms with Crippen LogP contribution < -0.4 is 5.32 Å². The molecule has 1 unspecified atom stereocenters. The van der Waals surface area contributed by atoms with Crippen molar-refractivity contribution < 1.29 is 9.84 Å². The summed E-state index contributed by atoms with van der Waals surface area (Å²) in [7, 11) is 0. The SMILES string of the molecule is OCc1cccc(CNCC2CCOC2)c1. The second-order valence-corrected chi connectivity index (χ2v) is 4.34. The first-order chi connectivity index (χ1) is 7.88. The van der Waals surface area contributed by atoms with Crippen LogP contribution in [0.2, 0.25) is 0 Å². The minimum absolute atomic E-state index is 0.115.